The van der Waals surface area contributed by atoms with E-state index in [1.165, 1.54) is 12.3 Å². The molecule has 164 valence electrons. The normalized spacial score (nSPS) is 56.4. The summed E-state index contributed by atoms with van der Waals surface area (Å²) < 4.78 is 11.6. The van der Waals surface area contributed by atoms with Gasteiger partial charge in [-0.25, -0.2) is 4.79 Å². The predicted octanol–water partition coefficient (Wildman–Crippen LogP) is 2.34. The van der Waals surface area contributed by atoms with Crippen LogP contribution in [-0.4, -0.2) is 44.8 Å². The third-order valence-electron chi connectivity index (χ3n) is 10.3. The minimum atomic E-state index is -0.819. The number of rotatable bonds is 1. The van der Waals surface area contributed by atoms with Crippen LogP contribution < -0.4 is 5.63 Å². The molecule has 0 amide bonds. The summed E-state index contributed by atoms with van der Waals surface area (Å²) in [5.41, 5.74) is -1.17. The average Bonchev–Trinajstić information content (AvgIpc) is 3.41. The molecule has 1 aromatic rings. The molecule has 5 aliphatic rings. The molecular weight excluding hydrogens is 384 g/mol. The van der Waals surface area contributed by atoms with Gasteiger partial charge in [0.05, 0.1) is 24.1 Å². The smallest absolute Gasteiger partial charge is 0.335 e. The first kappa shape index (κ1) is 19.5. The number of hydrogen-bond donors (Lipinski definition) is 3. The maximum absolute atomic E-state index is 11.6. The highest BCUT2D eigenvalue weighted by Crippen LogP contribution is 2.78. The molecule has 10 atom stereocenters. The zero-order valence-electron chi connectivity index (χ0n) is 17.7. The van der Waals surface area contributed by atoms with Crippen LogP contribution in [0.15, 0.2) is 27.6 Å². The summed E-state index contributed by atoms with van der Waals surface area (Å²) in [4.78, 5) is 11.5. The molecule has 4 saturated carbocycles. The number of fused-ring (bicyclic) bond motifs is 3. The lowest BCUT2D eigenvalue weighted by Gasteiger charge is -2.63. The van der Waals surface area contributed by atoms with Crippen molar-refractivity contribution in [2.45, 2.75) is 94.2 Å². The summed E-state index contributed by atoms with van der Waals surface area (Å²) >= 11 is 0. The van der Waals surface area contributed by atoms with Gasteiger partial charge in [-0.15, -0.1) is 0 Å². The summed E-state index contributed by atoms with van der Waals surface area (Å²) in [6, 6.07) is 3.22. The molecule has 5 fully saturated rings. The first-order chi connectivity index (χ1) is 14.2. The number of aliphatic hydroxyl groups excluding tert-OH is 2. The van der Waals surface area contributed by atoms with E-state index in [4.69, 9.17) is 9.15 Å². The van der Waals surface area contributed by atoms with Gasteiger partial charge in [0.2, 0.25) is 0 Å². The van der Waals surface area contributed by atoms with Crippen LogP contribution in [0.3, 0.4) is 0 Å². The summed E-state index contributed by atoms with van der Waals surface area (Å²) in [7, 11) is 0. The lowest BCUT2D eigenvalue weighted by molar-refractivity contribution is -0.224. The third kappa shape index (κ3) is 2.07. The second-order valence-electron chi connectivity index (χ2n) is 11.2. The van der Waals surface area contributed by atoms with Crippen LogP contribution in [0, 0.1) is 22.7 Å². The molecule has 30 heavy (non-hydrogen) atoms. The van der Waals surface area contributed by atoms with Crippen LogP contribution in [0.5, 0.6) is 0 Å². The van der Waals surface area contributed by atoms with Crippen molar-refractivity contribution in [2.75, 3.05) is 0 Å². The van der Waals surface area contributed by atoms with Crippen LogP contribution in [-0.2, 0) is 4.74 Å². The molecule has 0 radical (unpaired) electrons. The molecule has 6 rings (SSSR count). The fraction of sp³-hybridized carbons (Fsp3) is 0.792. The molecule has 0 aromatic carbocycles. The minimum absolute atomic E-state index is 0.122. The zero-order chi connectivity index (χ0) is 21.1. The average molecular weight is 417 g/mol. The summed E-state index contributed by atoms with van der Waals surface area (Å²) in [5, 5.41) is 33.1. The Bertz CT molecular complexity index is 923. The Hall–Kier alpha value is -1.21. The second-order valence-corrected chi connectivity index (χ2v) is 11.2. The zero-order valence-corrected chi connectivity index (χ0v) is 17.7. The van der Waals surface area contributed by atoms with E-state index in [0.717, 1.165) is 37.7 Å². The quantitative estimate of drug-likeness (QED) is 0.607. The SMILES string of the molecule is C[C@@]12CC[C@H](O)C[C@@]1(O)CC[C@H]1[C@@H]2CC[C@@]2(C)[C@H](c3ccc(=O)oc3)[C@@H](O)[C@H]3O[C@]312. The van der Waals surface area contributed by atoms with Crippen molar-refractivity contribution in [2.24, 2.45) is 22.7 Å². The number of hydrogen-bond acceptors (Lipinski definition) is 6. The highest BCUT2D eigenvalue weighted by atomic mass is 16.6. The molecule has 3 N–H and O–H groups in total. The van der Waals surface area contributed by atoms with Crippen molar-refractivity contribution in [1.82, 2.24) is 0 Å². The van der Waals surface area contributed by atoms with Gasteiger partial charge in [0.1, 0.15) is 11.7 Å². The molecule has 4 aliphatic carbocycles. The Kier molecular flexibility index (Phi) is 3.75. The van der Waals surface area contributed by atoms with Crippen molar-refractivity contribution in [3.8, 4) is 0 Å². The maximum atomic E-state index is 11.6. The van der Waals surface area contributed by atoms with Gasteiger partial charge in [-0.1, -0.05) is 13.8 Å². The van der Waals surface area contributed by atoms with E-state index in [9.17, 15) is 20.1 Å². The van der Waals surface area contributed by atoms with Crippen molar-refractivity contribution in [1.29, 1.82) is 0 Å². The number of ether oxygens (including phenoxy) is 1. The van der Waals surface area contributed by atoms with Crippen LogP contribution in [0.2, 0.25) is 0 Å². The first-order valence-corrected chi connectivity index (χ1v) is 11.5. The summed E-state index contributed by atoms with van der Waals surface area (Å²) in [6.07, 6.45) is 5.74. The van der Waals surface area contributed by atoms with Crippen LogP contribution >= 0.6 is 0 Å². The van der Waals surface area contributed by atoms with Gasteiger partial charge >= 0.3 is 5.63 Å². The Balaban J connectivity index is 1.40. The molecule has 1 aromatic heterocycles. The highest BCUT2D eigenvalue weighted by molar-refractivity contribution is 5.38. The van der Waals surface area contributed by atoms with Gasteiger partial charge in [0.25, 0.3) is 0 Å². The van der Waals surface area contributed by atoms with E-state index >= 15 is 0 Å². The Labute approximate surface area is 176 Å². The van der Waals surface area contributed by atoms with Crippen molar-refractivity contribution in [3.05, 3.63) is 34.4 Å². The molecule has 1 saturated heterocycles. The second kappa shape index (κ2) is 5.77. The van der Waals surface area contributed by atoms with Gasteiger partial charge in [-0.2, -0.15) is 0 Å². The Morgan fingerprint density at radius 2 is 1.73 bits per heavy atom. The first-order valence-electron chi connectivity index (χ1n) is 11.5. The van der Waals surface area contributed by atoms with Gasteiger partial charge < -0.3 is 24.5 Å². The highest BCUT2D eigenvalue weighted by Gasteiger charge is 2.84. The lowest BCUT2D eigenvalue weighted by Crippen LogP contribution is -2.65. The monoisotopic (exact) mass is 416 g/mol. The van der Waals surface area contributed by atoms with Gasteiger partial charge in [0, 0.05) is 23.8 Å². The molecular formula is C24H32O6. The molecule has 2 heterocycles. The fourth-order valence-electron chi connectivity index (χ4n) is 8.81. The lowest BCUT2D eigenvalue weighted by atomic mass is 9.42. The van der Waals surface area contributed by atoms with E-state index < -0.39 is 17.8 Å². The van der Waals surface area contributed by atoms with E-state index in [-0.39, 0.29) is 40.0 Å². The van der Waals surface area contributed by atoms with E-state index in [1.807, 2.05) is 0 Å². The molecule has 6 heteroatoms. The van der Waals surface area contributed by atoms with Crippen molar-refractivity contribution >= 4 is 0 Å². The Morgan fingerprint density at radius 3 is 2.47 bits per heavy atom. The Morgan fingerprint density at radius 1 is 1.00 bits per heavy atom. The molecule has 6 nitrogen and oxygen atoms in total. The van der Waals surface area contributed by atoms with E-state index in [1.54, 1.807) is 6.07 Å². The standard InChI is InChI=1S/C24H32O6/c1-21-8-5-14(25)11-23(21,28)10-7-16-15(21)6-9-22(2)18(13-3-4-17(26)29-12-13)19(27)20-24(16,22)30-20/h3-4,12,14-16,18-20,25,27-28H,5-11H2,1-2H3/t14-,15-,16-,18+,19+,20+,21-,22-,23-,24-/m0/s1. The molecule has 1 aliphatic heterocycles. The van der Waals surface area contributed by atoms with Gasteiger partial charge in [-0.05, 0) is 67.4 Å². The third-order valence-corrected chi connectivity index (χ3v) is 10.3. The number of aliphatic hydroxyl groups is 3. The number of epoxide rings is 1. The minimum Gasteiger partial charge on any atom is -0.431 e. The van der Waals surface area contributed by atoms with E-state index in [0.29, 0.717) is 18.8 Å². The predicted molar refractivity (Wildman–Crippen MR) is 108 cm³/mol. The van der Waals surface area contributed by atoms with Gasteiger partial charge in [-0.3, -0.25) is 0 Å². The van der Waals surface area contributed by atoms with Crippen LogP contribution in [0.25, 0.3) is 0 Å². The molecule has 1 spiro atoms. The largest absolute Gasteiger partial charge is 0.431 e. The van der Waals surface area contributed by atoms with Crippen LogP contribution in [0.1, 0.15) is 70.3 Å². The summed E-state index contributed by atoms with van der Waals surface area (Å²) in [5.74, 6) is 0.488. The van der Waals surface area contributed by atoms with Crippen molar-refractivity contribution < 1.29 is 24.5 Å². The van der Waals surface area contributed by atoms with E-state index in [2.05, 4.69) is 13.8 Å². The topological polar surface area (TPSA) is 103 Å². The van der Waals surface area contributed by atoms with Crippen LogP contribution in [0.4, 0.5) is 0 Å². The molecule has 0 unspecified atom stereocenters. The maximum Gasteiger partial charge on any atom is 0.335 e. The van der Waals surface area contributed by atoms with Crippen molar-refractivity contribution in [3.63, 3.8) is 0 Å². The van der Waals surface area contributed by atoms with Gasteiger partial charge in [0.15, 0.2) is 0 Å². The molecule has 0 bridgehead atoms. The summed E-state index contributed by atoms with van der Waals surface area (Å²) in [6.45, 7) is 4.46. The fourth-order valence-corrected chi connectivity index (χ4v) is 8.81.